The summed E-state index contributed by atoms with van der Waals surface area (Å²) in [5.74, 6) is 1.30. The van der Waals surface area contributed by atoms with Crippen molar-refractivity contribution in [1.29, 1.82) is 0 Å². The molecule has 0 amide bonds. The summed E-state index contributed by atoms with van der Waals surface area (Å²) in [4.78, 5) is 4.49. The fourth-order valence-corrected chi connectivity index (χ4v) is 2.00. The zero-order valence-electron chi connectivity index (χ0n) is 12.6. The minimum atomic E-state index is 0.602. The van der Waals surface area contributed by atoms with E-state index in [1.54, 1.807) is 4.68 Å². The third kappa shape index (κ3) is 3.57. The Labute approximate surface area is 120 Å². The van der Waals surface area contributed by atoms with Gasteiger partial charge in [0, 0.05) is 31.4 Å². The van der Waals surface area contributed by atoms with Gasteiger partial charge in [-0.1, -0.05) is 13.0 Å². The zero-order chi connectivity index (χ0) is 14.5. The predicted octanol–water partition coefficient (Wildman–Crippen LogP) is 2.72. The van der Waals surface area contributed by atoms with Gasteiger partial charge in [0.15, 0.2) is 0 Å². The number of pyridine rings is 1. The van der Waals surface area contributed by atoms with E-state index in [1.807, 2.05) is 33.0 Å². The SMILES string of the molecule is CCCNCc1ccc(Oc2cc(C)nn2C)nc1C. The summed E-state index contributed by atoms with van der Waals surface area (Å²) in [7, 11) is 1.86. The van der Waals surface area contributed by atoms with Crippen LogP contribution in [0.2, 0.25) is 0 Å². The Hall–Kier alpha value is -1.88. The van der Waals surface area contributed by atoms with Crippen LogP contribution in [0.15, 0.2) is 18.2 Å². The average molecular weight is 274 g/mol. The van der Waals surface area contributed by atoms with Gasteiger partial charge in [0.25, 0.3) is 0 Å². The monoisotopic (exact) mass is 274 g/mol. The summed E-state index contributed by atoms with van der Waals surface area (Å²) in [6.07, 6.45) is 1.13. The fraction of sp³-hybridized carbons (Fsp3) is 0.467. The van der Waals surface area contributed by atoms with Crippen LogP contribution < -0.4 is 10.1 Å². The van der Waals surface area contributed by atoms with Crippen LogP contribution in [0.1, 0.15) is 30.3 Å². The molecule has 2 heterocycles. The van der Waals surface area contributed by atoms with Gasteiger partial charge in [0.05, 0.1) is 5.69 Å². The van der Waals surface area contributed by atoms with Crippen molar-refractivity contribution < 1.29 is 4.74 Å². The van der Waals surface area contributed by atoms with E-state index in [9.17, 15) is 0 Å². The lowest BCUT2D eigenvalue weighted by atomic mass is 10.2. The molecule has 0 aliphatic carbocycles. The maximum Gasteiger partial charge on any atom is 0.221 e. The van der Waals surface area contributed by atoms with E-state index in [2.05, 4.69) is 28.4 Å². The molecule has 0 fully saturated rings. The Balaban J connectivity index is 2.07. The zero-order valence-corrected chi connectivity index (χ0v) is 12.6. The van der Waals surface area contributed by atoms with Crippen molar-refractivity contribution in [3.8, 4) is 11.8 Å². The smallest absolute Gasteiger partial charge is 0.221 e. The molecular formula is C15H22N4O. The standard InChI is InChI=1S/C15H22N4O/c1-5-8-16-10-13-6-7-14(17-12(13)3)20-15-9-11(2)18-19(15)4/h6-7,9,16H,5,8,10H2,1-4H3. The molecule has 2 aromatic rings. The molecule has 0 saturated carbocycles. The molecule has 0 radical (unpaired) electrons. The van der Waals surface area contributed by atoms with E-state index in [1.165, 1.54) is 5.56 Å². The lowest BCUT2D eigenvalue weighted by Gasteiger charge is -2.09. The number of hydrogen-bond acceptors (Lipinski definition) is 4. The van der Waals surface area contributed by atoms with Gasteiger partial charge in [0.1, 0.15) is 0 Å². The van der Waals surface area contributed by atoms with Crippen molar-refractivity contribution >= 4 is 0 Å². The third-order valence-corrected chi connectivity index (χ3v) is 3.08. The highest BCUT2D eigenvalue weighted by Crippen LogP contribution is 2.21. The second kappa shape index (κ2) is 6.52. The lowest BCUT2D eigenvalue weighted by molar-refractivity contribution is 0.414. The number of aromatic nitrogens is 3. The van der Waals surface area contributed by atoms with E-state index in [4.69, 9.17) is 4.74 Å². The van der Waals surface area contributed by atoms with Crippen LogP contribution in [0.3, 0.4) is 0 Å². The van der Waals surface area contributed by atoms with Gasteiger partial charge in [-0.2, -0.15) is 5.10 Å². The number of nitrogens with zero attached hydrogens (tertiary/aromatic N) is 3. The topological polar surface area (TPSA) is 52.0 Å². The first-order valence-corrected chi connectivity index (χ1v) is 6.96. The Morgan fingerprint density at radius 2 is 2.10 bits per heavy atom. The number of ether oxygens (including phenoxy) is 1. The quantitative estimate of drug-likeness (QED) is 0.823. The Morgan fingerprint density at radius 1 is 1.30 bits per heavy atom. The fourth-order valence-electron chi connectivity index (χ4n) is 2.00. The first kappa shape index (κ1) is 14.5. The Kier molecular flexibility index (Phi) is 4.74. The molecular weight excluding hydrogens is 252 g/mol. The minimum Gasteiger partial charge on any atom is -0.421 e. The Morgan fingerprint density at radius 3 is 2.70 bits per heavy atom. The number of aryl methyl sites for hydroxylation is 3. The summed E-state index contributed by atoms with van der Waals surface area (Å²) in [5.41, 5.74) is 3.12. The van der Waals surface area contributed by atoms with Crippen molar-refractivity contribution in [1.82, 2.24) is 20.1 Å². The summed E-state index contributed by atoms with van der Waals surface area (Å²) in [6.45, 7) is 7.97. The lowest BCUT2D eigenvalue weighted by Crippen LogP contribution is -2.15. The summed E-state index contributed by atoms with van der Waals surface area (Å²) in [5, 5.41) is 7.63. The highest BCUT2D eigenvalue weighted by molar-refractivity contribution is 5.28. The molecule has 5 nitrogen and oxygen atoms in total. The van der Waals surface area contributed by atoms with Crippen molar-refractivity contribution in [3.05, 3.63) is 35.2 Å². The van der Waals surface area contributed by atoms with Gasteiger partial charge in [-0.05, 0) is 32.4 Å². The van der Waals surface area contributed by atoms with Gasteiger partial charge in [0.2, 0.25) is 11.8 Å². The summed E-state index contributed by atoms with van der Waals surface area (Å²) >= 11 is 0. The molecule has 0 aliphatic heterocycles. The molecule has 20 heavy (non-hydrogen) atoms. The summed E-state index contributed by atoms with van der Waals surface area (Å²) < 4.78 is 7.47. The molecule has 0 saturated heterocycles. The van der Waals surface area contributed by atoms with E-state index in [0.717, 1.165) is 30.9 Å². The number of nitrogens with one attached hydrogen (secondary N) is 1. The number of hydrogen-bond donors (Lipinski definition) is 1. The maximum absolute atomic E-state index is 5.76. The molecule has 2 rings (SSSR count). The highest BCUT2D eigenvalue weighted by Gasteiger charge is 2.07. The van der Waals surface area contributed by atoms with Crippen molar-refractivity contribution in [3.63, 3.8) is 0 Å². The van der Waals surface area contributed by atoms with Gasteiger partial charge in [-0.15, -0.1) is 0 Å². The molecule has 2 aromatic heterocycles. The van der Waals surface area contributed by atoms with Crippen LogP contribution in [0.4, 0.5) is 0 Å². The maximum atomic E-state index is 5.76. The normalized spacial score (nSPS) is 10.8. The molecule has 5 heteroatoms. The molecule has 0 bridgehead atoms. The van der Waals surface area contributed by atoms with Crippen LogP contribution in [0, 0.1) is 13.8 Å². The molecule has 0 spiro atoms. The molecule has 1 N–H and O–H groups in total. The van der Waals surface area contributed by atoms with Crippen LogP contribution in [-0.4, -0.2) is 21.3 Å². The largest absolute Gasteiger partial charge is 0.421 e. The number of rotatable bonds is 6. The molecule has 0 aromatic carbocycles. The van der Waals surface area contributed by atoms with E-state index in [0.29, 0.717) is 11.8 Å². The van der Waals surface area contributed by atoms with E-state index in [-0.39, 0.29) is 0 Å². The first-order valence-electron chi connectivity index (χ1n) is 6.96. The van der Waals surface area contributed by atoms with Crippen LogP contribution in [-0.2, 0) is 13.6 Å². The van der Waals surface area contributed by atoms with Crippen molar-refractivity contribution in [2.75, 3.05) is 6.54 Å². The minimum absolute atomic E-state index is 0.602. The van der Waals surface area contributed by atoms with Crippen LogP contribution in [0.25, 0.3) is 0 Å². The summed E-state index contributed by atoms with van der Waals surface area (Å²) in [6, 6.07) is 5.86. The van der Waals surface area contributed by atoms with Gasteiger partial charge >= 0.3 is 0 Å². The second-order valence-corrected chi connectivity index (χ2v) is 4.92. The van der Waals surface area contributed by atoms with E-state index < -0.39 is 0 Å². The molecule has 0 unspecified atom stereocenters. The van der Waals surface area contributed by atoms with Crippen molar-refractivity contribution in [2.24, 2.45) is 7.05 Å². The second-order valence-electron chi connectivity index (χ2n) is 4.92. The molecule has 0 aliphatic rings. The van der Waals surface area contributed by atoms with Crippen LogP contribution in [0.5, 0.6) is 11.8 Å². The molecule has 108 valence electrons. The average Bonchev–Trinajstić information content (AvgIpc) is 2.71. The van der Waals surface area contributed by atoms with Gasteiger partial charge in [-0.3, -0.25) is 0 Å². The Bertz CT molecular complexity index is 577. The third-order valence-electron chi connectivity index (χ3n) is 3.08. The molecule has 0 atom stereocenters. The van der Waals surface area contributed by atoms with E-state index >= 15 is 0 Å². The van der Waals surface area contributed by atoms with Crippen molar-refractivity contribution in [2.45, 2.75) is 33.7 Å². The van der Waals surface area contributed by atoms with Crippen LogP contribution >= 0.6 is 0 Å². The predicted molar refractivity (Wildman–Crippen MR) is 79.0 cm³/mol. The highest BCUT2D eigenvalue weighted by atomic mass is 16.5. The van der Waals surface area contributed by atoms with Gasteiger partial charge < -0.3 is 10.1 Å². The first-order chi connectivity index (χ1) is 9.60. The van der Waals surface area contributed by atoms with Gasteiger partial charge in [-0.25, -0.2) is 9.67 Å².